The third kappa shape index (κ3) is 7.78. The number of rotatable bonds is 8. The molecule has 0 saturated carbocycles. The van der Waals surface area contributed by atoms with E-state index >= 15 is 0 Å². The lowest BCUT2D eigenvalue weighted by molar-refractivity contribution is -0.137. The second-order valence-electron chi connectivity index (χ2n) is 6.30. The second-order valence-corrected chi connectivity index (χ2v) is 8.01. The van der Waals surface area contributed by atoms with E-state index in [1.165, 1.54) is 0 Å². The van der Waals surface area contributed by atoms with Gasteiger partial charge in [-0.05, 0) is 55.0 Å². The Kier molecular flexibility index (Phi) is 9.15. The van der Waals surface area contributed by atoms with Gasteiger partial charge in [-0.1, -0.05) is 27.4 Å². The number of alkyl carbamates (subject to hydrolysis) is 1. The highest BCUT2D eigenvalue weighted by molar-refractivity contribution is 9.11. The largest absolute Gasteiger partial charge is 0.488 e. The molecule has 26 heavy (non-hydrogen) atoms. The van der Waals surface area contributed by atoms with E-state index in [2.05, 4.69) is 64.5 Å². The quantitative estimate of drug-likeness (QED) is 0.332. The summed E-state index contributed by atoms with van der Waals surface area (Å²) < 4.78 is 17.0. The van der Waals surface area contributed by atoms with Crippen molar-refractivity contribution >= 4 is 43.9 Å². The lowest BCUT2D eigenvalue weighted by Gasteiger charge is -2.21. The summed E-state index contributed by atoms with van der Waals surface area (Å²) in [5.41, 5.74) is 1.18. The Bertz CT molecular complexity index is 632. The van der Waals surface area contributed by atoms with Crippen LogP contribution in [0.2, 0.25) is 0 Å². The molecule has 0 aliphatic carbocycles. The maximum absolute atomic E-state index is 11.5. The first-order chi connectivity index (χ1) is 12.1. The molecule has 6 nitrogen and oxygen atoms in total. The van der Waals surface area contributed by atoms with Crippen molar-refractivity contribution in [2.45, 2.75) is 26.2 Å². The smallest absolute Gasteiger partial charge is 0.407 e. The van der Waals surface area contributed by atoms with Crippen LogP contribution in [0.15, 0.2) is 33.7 Å². The van der Waals surface area contributed by atoms with Gasteiger partial charge in [0.25, 0.3) is 0 Å². The molecule has 1 aromatic carbocycles. The molecule has 0 unspecified atom stereocenters. The van der Waals surface area contributed by atoms with E-state index in [0.29, 0.717) is 5.75 Å². The van der Waals surface area contributed by atoms with Crippen molar-refractivity contribution in [1.29, 1.82) is 0 Å². The molecule has 144 valence electrons. The number of esters is 1. The van der Waals surface area contributed by atoms with Crippen LogP contribution < -0.4 is 10.1 Å². The van der Waals surface area contributed by atoms with Gasteiger partial charge in [-0.25, -0.2) is 9.59 Å². The van der Waals surface area contributed by atoms with Gasteiger partial charge in [0.05, 0.1) is 15.5 Å². The number of carbonyl (C=O) groups is 2. The van der Waals surface area contributed by atoms with Crippen molar-refractivity contribution < 1.29 is 23.8 Å². The highest BCUT2D eigenvalue weighted by atomic mass is 79.9. The van der Waals surface area contributed by atoms with Crippen molar-refractivity contribution in [1.82, 2.24) is 5.32 Å². The lowest BCUT2D eigenvalue weighted by Crippen LogP contribution is -2.29. The molecule has 0 atom stereocenters. The van der Waals surface area contributed by atoms with Gasteiger partial charge in [0, 0.05) is 6.08 Å². The van der Waals surface area contributed by atoms with Crippen LogP contribution >= 0.6 is 31.9 Å². The average molecular weight is 493 g/mol. The summed E-state index contributed by atoms with van der Waals surface area (Å²) in [5.74, 6) is 0.112. The number of amides is 1. The molecule has 0 aliphatic rings. The number of benzene rings is 1. The van der Waals surface area contributed by atoms with Gasteiger partial charge in [-0.2, -0.15) is 0 Å². The van der Waals surface area contributed by atoms with Crippen molar-refractivity contribution in [2.75, 3.05) is 26.4 Å². The van der Waals surface area contributed by atoms with Gasteiger partial charge >= 0.3 is 12.1 Å². The van der Waals surface area contributed by atoms with Crippen molar-refractivity contribution in [3.8, 4) is 5.75 Å². The summed E-state index contributed by atoms with van der Waals surface area (Å²) in [6, 6.07) is 4.02. The first-order valence-electron chi connectivity index (χ1n) is 7.97. The fraction of sp³-hybridized carbons (Fsp3) is 0.444. The van der Waals surface area contributed by atoms with Crippen LogP contribution in [0.5, 0.6) is 5.75 Å². The molecule has 0 fully saturated rings. The number of nitrogens with one attached hydrogen (secondary N) is 1. The van der Waals surface area contributed by atoms with Crippen molar-refractivity contribution in [3.63, 3.8) is 0 Å². The Balaban J connectivity index is 2.36. The molecule has 0 radical (unpaired) electrons. The fourth-order valence-electron chi connectivity index (χ4n) is 1.82. The Hall–Kier alpha value is -1.54. The molecule has 0 aromatic heterocycles. The van der Waals surface area contributed by atoms with E-state index in [-0.39, 0.29) is 31.8 Å². The maximum atomic E-state index is 11.5. The van der Waals surface area contributed by atoms with Gasteiger partial charge in [0.2, 0.25) is 0 Å². The average Bonchev–Trinajstić information content (AvgIpc) is 2.56. The molecule has 1 N–H and O–H groups in total. The SMILES string of the molecule is C=CC(=O)OCCNC(=O)OCCOc1c(Br)cc(C(C)(C)C)cc1Br. The monoisotopic (exact) mass is 491 g/mol. The first kappa shape index (κ1) is 22.5. The van der Waals surface area contributed by atoms with Crippen molar-refractivity contribution in [3.05, 3.63) is 39.3 Å². The van der Waals surface area contributed by atoms with Crippen LogP contribution in [0.3, 0.4) is 0 Å². The van der Waals surface area contributed by atoms with Crippen LogP contribution in [0.1, 0.15) is 26.3 Å². The van der Waals surface area contributed by atoms with Gasteiger partial charge < -0.3 is 19.5 Å². The van der Waals surface area contributed by atoms with Gasteiger partial charge in [-0.15, -0.1) is 0 Å². The van der Waals surface area contributed by atoms with Crippen LogP contribution in [-0.2, 0) is 19.7 Å². The minimum atomic E-state index is -0.607. The molecule has 0 heterocycles. The zero-order valence-electron chi connectivity index (χ0n) is 15.1. The third-order valence-corrected chi connectivity index (χ3v) is 4.39. The summed E-state index contributed by atoms with van der Waals surface area (Å²) in [6.07, 6.45) is 0.449. The standard InChI is InChI=1S/C18H23Br2NO5/c1-5-15(22)24-7-6-21-17(23)26-9-8-25-16-13(19)10-12(11-14(16)20)18(2,3)4/h5,10-11H,1,6-9H2,2-4H3,(H,21,23). The van der Waals surface area contributed by atoms with E-state index in [1.807, 2.05) is 12.1 Å². The van der Waals surface area contributed by atoms with E-state index in [0.717, 1.165) is 20.6 Å². The zero-order valence-corrected chi connectivity index (χ0v) is 18.2. The predicted octanol–water partition coefficient (Wildman–Crippen LogP) is 4.34. The Labute approximate surface area is 170 Å². The van der Waals surface area contributed by atoms with Crippen LogP contribution in [0.25, 0.3) is 0 Å². The summed E-state index contributed by atoms with van der Waals surface area (Å²) >= 11 is 7.02. The van der Waals surface area contributed by atoms with E-state index in [1.54, 1.807) is 0 Å². The first-order valence-corrected chi connectivity index (χ1v) is 9.56. The summed E-state index contributed by atoms with van der Waals surface area (Å²) in [4.78, 5) is 22.3. The highest BCUT2D eigenvalue weighted by Crippen LogP contribution is 2.38. The lowest BCUT2D eigenvalue weighted by atomic mass is 9.87. The maximum Gasteiger partial charge on any atom is 0.407 e. The molecule has 1 amide bonds. The number of carbonyl (C=O) groups excluding carboxylic acids is 2. The van der Waals surface area contributed by atoms with Crippen LogP contribution in [-0.4, -0.2) is 38.4 Å². The van der Waals surface area contributed by atoms with Crippen LogP contribution in [0.4, 0.5) is 4.79 Å². The van der Waals surface area contributed by atoms with Gasteiger partial charge in [-0.3, -0.25) is 0 Å². The number of hydrogen-bond donors (Lipinski definition) is 1. The Morgan fingerprint density at radius 3 is 2.27 bits per heavy atom. The minimum absolute atomic E-state index is 0.0186. The zero-order chi connectivity index (χ0) is 19.7. The minimum Gasteiger partial charge on any atom is -0.488 e. The molecule has 8 heteroatoms. The van der Waals surface area contributed by atoms with Crippen LogP contribution in [0, 0.1) is 0 Å². The second kappa shape index (κ2) is 10.6. The summed E-state index contributed by atoms with van der Waals surface area (Å²) in [7, 11) is 0. The van der Waals surface area contributed by atoms with Crippen molar-refractivity contribution in [2.24, 2.45) is 0 Å². The topological polar surface area (TPSA) is 73.9 Å². The molecule has 1 rings (SSSR count). The summed E-state index contributed by atoms with van der Waals surface area (Å²) in [6.45, 7) is 10.2. The highest BCUT2D eigenvalue weighted by Gasteiger charge is 2.18. The number of hydrogen-bond acceptors (Lipinski definition) is 5. The Morgan fingerprint density at radius 2 is 1.73 bits per heavy atom. The molecule has 0 spiro atoms. The van der Waals surface area contributed by atoms with E-state index in [4.69, 9.17) is 14.2 Å². The molecule has 0 bridgehead atoms. The van der Waals surface area contributed by atoms with Gasteiger partial charge in [0.1, 0.15) is 25.6 Å². The molecular formula is C18H23Br2NO5. The molecule has 0 aliphatic heterocycles. The van der Waals surface area contributed by atoms with E-state index < -0.39 is 12.1 Å². The number of ether oxygens (including phenoxy) is 3. The van der Waals surface area contributed by atoms with E-state index in [9.17, 15) is 9.59 Å². The normalized spacial score (nSPS) is 10.8. The third-order valence-electron chi connectivity index (χ3n) is 3.21. The molecule has 0 saturated heterocycles. The fourth-order valence-corrected chi connectivity index (χ4v) is 3.24. The predicted molar refractivity (Wildman–Crippen MR) is 107 cm³/mol. The molecule has 1 aromatic rings. The summed E-state index contributed by atoms with van der Waals surface area (Å²) in [5, 5.41) is 2.46. The van der Waals surface area contributed by atoms with Gasteiger partial charge in [0.15, 0.2) is 0 Å². The Morgan fingerprint density at radius 1 is 1.12 bits per heavy atom. The molecular weight excluding hydrogens is 470 g/mol. The number of halogens is 2.